The lowest BCUT2D eigenvalue weighted by atomic mass is 10.6. The molecule has 0 spiro atoms. The van der Waals surface area contributed by atoms with Crippen LogP contribution in [0.5, 0.6) is 0 Å². The average Bonchev–Trinajstić information content (AvgIpc) is 2.23. The quantitative estimate of drug-likeness (QED) is 0.366. The summed E-state index contributed by atoms with van der Waals surface area (Å²) in [6.45, 7) is 6.98. The zero-order valence-corrected chi connectivity index (χ0v) is 11.6. The standard InChI is InChI=1S/C10H22NO5P/c1-4-15-17(13,16-5-2)9-7-11-6-8-14-10(3)12/h11H,4-9H2,1-3H3. The molecule has 0 heterocycles. The van der Waals surface area contributed by atoms with Gasteiger partial charge >= 0.3 is 13.6 Å². The van der Waals surface area contributed by atoms with E-state index in [1.54, 1.807) is 13.8 Å². The maximum Gasteiger partial charge on any atom is 0.331 e. The number of ether oxygens (including phenoxy) is 1. The minimum atomic E-state index is -2.96. The second-order valence-electron chi connectivity index (χ2n) is 3.26. The van der Waals surface area contributed by atoms with Gasteiger partial charge in [-0.25, -0.2) is 0 Å². The number of nitrogens with one attached hydrogen (secondary N) is 1. The predicted molar refractivity (Wildman–Crippen MR) is 65.2 cm³/mol. The summed E-state index contributed by atoms with van der Waals surface area (Å²) in [6, 6.07) is 0. The van der Waals surface area contributed by atoms with Crippen molar-refractivity contribution >= 4 is 13.6 Å². The summed E-state index contributed by atoms with van der Waals surface area (Å²) in [6.07, 6.45) is 0.314. The highest BCUT2D eigenvalue weighted by atomic mass is 31.2. The van der Waals surface area contributed by atoms with Gasteiger partial charge in [-0.2, -0.15) is 0 Å². The third kappa shape index (κ3) is 9.30. The summed E-state index contributed by atoms with van der Waals surface area (Å²) in [4.78, 5) is 10.5. The van der Waals surface area contributed by atoms with Crippen molar-refractivity contribution in [3.05, 3.63) is 0 Å². The first-order valence-electron chi connectivity index (χ1n) is 5.76. The summed E-state index contributed by atoms with van der Waals surface area (Å²) >= 11 is 0. The first-order valence-corrected chi connectivity index (χ1v) is 7.49. The molecule has 6 nitrogen and oxygen atoms in total. The first-order chi connectivity index (χ1) is 8.04. The monoisotopic (exact) mass is 267 g/mol. The predicted octanol–water partition coefficient (Wildman–Crippen LogP) is 1.41. The van der Waals surface area contributed by atoms with Crippen molar-refractivity contribution in [2.45, 2.75) is 20.8 Å². The molecule has 0 radical (unpaired) electrons. The highest BCUT2D eigenvalue weighted by Gasteiger charge is 2.22. The molecule has 0 aliphatic rings. The number of rotatable bonds is 10. The van der Waals surface area contributed by atoms with Crippen LogP contribution in [0.25, 0.3) is 0 Å². The fourth-order valence-electron chi connectivity index (χ4n) is 1.17. The van der Waals surface area contributed by atoms with Gasteiger partial charge in [0.2, 0.25) is 0 Å². The maximum atomic E-state index is 12.0. The highest BCUT2D eigenvalue weighted by molar-refractivity contribution is 7.53. The lowest BCUT2D eigenvalue weighted by Crippen LogP contribution is -2.24. The first kappa shape index (κ1) is 16.6. The van der Waals surface area contributed by atoms with Crippen LogP contribution in [-0.2, 0) is 23.1 Å². The number of hydrogen-bond donors (Lipinski definition) is 1. The molecule has 0 saturated heterocycles. The van der Waals surface area contributed by atoms with Gasteiger partial charge in [-0.05, 0) is 13.8 Å². The summed E-state index contributed by atoms with van der Waals surface area (Å²) in [5.74, 6) is -0.305. The van der Waals surface area contributed by atoms with E-state index >= 15 is 0 Å². The van der Waals surface area contributed by atoms with E-state index in [9.17, 15) is 9.36 Å². The Kier molecular flexibility index (Phi) is 9.36. The van der Waals surface area contributed by atoms with Gasteiger partial charge in [0.05, 0.1) is 19.4 Å². The van der Waals surface area contributed by atoms with Crippen molar-refractivity contribution in [1.29, 1.82) is 0 Å². The van der Waals surface area contributed by atoms with Crippen LogP contribution in [0.4, 0.5) is 0 Å². The third-order valence-corrected chi connectivity index (χ3v) is 3.87. The van der Waals surface area contributed by atoms with Gasteiger partial charge in [-0.3, -0.25) is 9.36 Å². The molecule has 0 atom stereocenters. The molecule has 17 heavy (non-hydrogen) atoms. The van der Waals surface area contributed by atoms with Gasteiger partial charge in [0.15, 0.2) is 0 Å². The molecule has 0 aromatic carbocycles. The number of esters is 1. The molecule has 7 heteroatoms. The van der Waals surface area contributed by atoms with Crippen molar-refractivity contribution in [2.75, 3.05) is 39.1 Å². The third-order valence-electron chi connectivity index (χ3n) is 1.80. The van der Waals surface area contributed by atoms with E-state index in [1.807, 2.05) is 0 Å². The minimum absolute atomic E-state index is 0.305. The average molecular weight is 267 g/mol. The normalized spacial score (nSPS) is 11.5. The molecule has 0 aromatic heterocycles. The lowest BCUT2D eigenvalue weighted by molar-refractivity contribution is -0.140. The van der Waals surface area contributed by atoms with Crippen LogP contribution in [0.15, 0.2) is 0 Å². The highest BCUT2D eigenvalue weighted by Crippen LogP contribution is 2.47. The van der Waals surface area contributed by atoms with Gasteiger partial charge in [-0.15, -0.1) is 0 Å². The zero-order valence-electron chi connectivity index (χ0n) is 10.7. The minimum Gasteiger partial charge on any atom is -0.465 e. The second kappa shape index (κ2) is 9.59. The van der Waals surface area contributed by atoms with Gasteiger partial charge in [0.25, 0.3) is 0 Å². The zero-order chi connectivity index (χ0) is 13.1. The molecule has 0 fully saturated rings. The molecule has 0 rings (SSSR count). The molecular weight excluding hydrogens is 245 g/mol. The summed E-state index contributed by atoms with van der Waals surface area (Å²) in [7, 11) is -2.96. The smallest absolute Gasteiger partial charge is 0.331 e. The van der Waals surface area contributed by atoms with Gasteiger partial charge in [-0.1, -0.05) is 0 Å². The Bertz CT molecular complexity index is 249. The Morgan fingerprint density at radius 1 is 1.18 bits per heavy atom. The van der Waals surface area contributed by atoms with Crippen molar-refractivity contribution in [1.82, 2.24) is 5.32 Å². The molecule has 0 bridgehead atoms. The molecule has 102 valence electrons. The Labute approximate surface area is 103 Å². The van der Waals surface area contributed by atoms with Crippen LogP contribution in [0.2, 0.25) is 0 Å². The largest absolute Gasteiger partial charge is 0.465 e. The molecule has 1 N–H and O–H groups in total. The van der Waals surface area contributed by atoms with Crippen molar-refractivity contribution in [3.63, 3.8) is 0 Å². The lowest BCUT2D eigenvalue weighted by Gasteiger charge is -2.16. The molecule has 0 aliphatic carbocycles. The van der Waals surface area contributed by atoms with Gasteiger partial charge in [0, 0.05) is 20.0 Å². The molecule has 0 unspecified atom stereocenters. The molecular formula is C10H22NO5P. The fraction of sp³-hybridized carbons (Fsp3) is 0.900. The second-order valence-corrected chi connectivity index (χ2v) is 5.45. The van der Waals surface area contributed by atoms with E-state index in [2.05, 4.69) is 5.32 Å². The SMILES string of the molecule is CCOP(=O)(CCNCCOC(C)=O)OCC. The van der Waals surface area contributed by atoms with Gasteiger partial charge in [0.1, 0.15) is 6.61 Å². The van der Waals surface area contributed by atoms with Crippen LogP contribution in [0, 0.1) is 0 Å². The Morgan fingerprint density at radius 2 is 1.76 bits per heavy atom. The van der Waals surface area contributed by atoms with Crippen molar-refractivity contribution < 1.29 is 23.1 Å². The molecule has 0 saturated carbocycles. The fourth-order valence-corrected chi connectivity index (χ4v) is 2.72. The van der Waals surface area contributed by atoms with Gasteiger partial charge < -0.3 is 19.1 Å². The van der Waals surface area contributed by atoms with Crippen LogP contribution in [0.1, 0.15) is 20.8 Å². The molecule has 0 aromatic rings. The number of carbonyl (C=O) groups is 1. The Balaban J connectivity index is 3.68. The summed E-state index contributed by atoms with van der Waals surface area (Å²) in [5.41, 5.74) is 0. The molecule has 0 amide bonds. The topological polar surface area (TPSA) is 73.9 Å². The molecule has 0 aliphatic heterocycles. The van der Waals surface area contributed by atoms with E-state index < -0.39 is 7.60 Å². The van der Waals surface area contributed by atoms with E-state index in [1.165, 1.54) is 6.92 Å². The van der Waals surface area contributed by atoms with Crippen LogP contribution >= 0.6 is 7.60 Å². The summed E-state index contributed by atoms with van der Waals surface area (Å²) in [5, 5.41) is 3.00. The Morgan fingerprint density at radius 3 is 2.24 bits per heavy atom. The van der Waals surface area contributed by atoms with E-state index in [-0.39, 0.29) is 5.97 Å². The Hall–Kier alpha value is -0.420. The van der Waals surface area contributed by atoms with Crippen LogP contribution in [0.3, 0.4) is 0 Å². The number of carbonyl (C=O) groups excluding carboxylic acids is 1. The number of hydrogen-bond acceptors (Lipinski definition) is 6. The summed E-state index contributed by atoms with van der Waals surface area (Å²) < 4.78 is 27.0. The van der Waals surface area contributed by atoms with E-state index in [4.69, 9.17) is 13.8 Å². The van der Waals surface area contributed by atoms with Crippen molar-refractivity contribution in [3.8, 4) is 0 Å². The van der Waals surface area contributed by atoms with E-state index in [0.29, 0.717) is 39.1 Å². The van der Waals surface area contributed by atoms with Crippen LogP contribution in [-0.4, -0.2) is 45.0 Å². The van der Waals surface area contributed by atoms with Crippen LogP contribution < -0.4 is 5.32 Å². The maximum absolute atomic E-state index is 12.0. The van der Waals surface area contributed by atoms with E-state index in [0.717, 1.165) is 0 Å². The van der Waals surface area contributed by atoms with Crippen molar-refractivity contribution in [2.24, 2.45) is 0 Å².